The molecule has 0 saturated heterocycles. The van der Waals surface area contributed by atoms with Gasteiger partial charge in [-0.25, -0.2) is 9.97 Å². The highest BCUT2D eigenvalue weighted by atomic mass is 32.2. The quantitative estimate of drug-likeness (QED) is 0.645. The van der Waals surface area contributed by atoms with Crippen LogP contribution in [0, 0.1) is 0 Å². The predicted octanol–water partition coefficient (Wildman–Crippen LogP) is 1.70. The Morgan fingerprint density at radius 1 is 1.35 bits per heavy atom. The first kappa shape index (κ1) is 12.3. The third-order valence-electron chi connectivity index (χ3n) is 2.32. The van der Waals surface area contributed by atoms with Gasteiger partial charge in [-0.3, -0.25) is 0 Å². The largest absolute Gasteiger partial charge is 0.383 e. The second kappa shape index (κ2) is 5.95. The van der Waals surface area contributed by atoms with E-state index in [-0.39, 0.29) is 6.04 Å². The zero-order chi connectivity index (χ0) is 12.1. The number of rotatable bonds is 5. The van der Waals surface area contributed by atoms with E-state index in [1.54, 1.807) is 25.2 Å². The molecule has 2 aromatic rings. The summed E-state index contributed by atoms with van der Waals surface area (Å²) in [5.74, 6) is 0.787. The Balaban J connectivity index is 2.13. The molecule has 1 atom stereocenters. The first-order valence-corrected chi connectivity index (χ1v) is 6.37. The molecule has 2 rings (SSSR count). The predicted molar refractivity (Wildman–Crippen MR) is 70.1 cm³/mol. The van der Waals surface area contributed by atoms with Crippen LogP contribution in [0.1, 0.15) is 0 Å². The minimum atomic E-state index is 0.0266. The van der Waals surface area contributed by atoms with Gasteiger partial charge in [0.2, 0.25) is 0 Å². The second-order valence-corrected chi connectivity index (χ2v) is 4.73. The number of benzene rings is 1. The number of thioether (sulfide) groups is 1. The van der Waals surface area contributed by atoms with E-state index >= 15 is 0 Å². The summed E-state index contributed by atoms with van der Waals surface area (Å²) >= 11 is 1.64. The van der Waals surface area contributed by atoms with Crippen molar-refractivity contribution in [1.82, 2.24) is 9.97 Å². The van der Waals surface area contributed by atoms with Crippen LogP contribution in [0.15, 0.2) is 35.6 Å². The molecular weight excluding hydrogens is 234 g/mol. The van der Waals surface area contributed by atoms with Crippen molar-refractivity contribution < 1.29 is 4.74 Å². The van der Waals surface area contributed by atoms with Crippen LogP contribution in [0.4, 0.5) is 0 Å². The molecule has 0 fully saturated rings. The van der Waals surface area contributed by atoms with Crippen LogP contribution < -0.4 is 5.73 Å². The number of fused-ring (bicyclic) bond motifs is 1. The van der Waals surface area contributed by atoms with Crippen LogP contribution in [-0.2, 0) is 4.74 Å². The summed E-state index contributed by atoms with van der Waals surface area (Å²) in [5.41, 5.74) is 6.85. The fraction of sp³-hybridized carbons (Fsp3) is 0.333. The number of methoxy groups -OCH3 is 1. The topological polar surface area (TPSA) is 61.0 Å². The summed E-state index contributed by atoms with van der Waals surface area (Å²) in [7, 11) is 1.66. The Morgan fingerprint density at radius 3 is 3.00 bits per heavy atom. The lowest BCUT2D eigenvalue weighted by molar-refractivity contribution is 0.186. The maximum atomic E-state index is 5.89. The maximum Gasteiger partial charge on any atom is 0.117 e. The maximum absolute atomic E-state index is 5.89. The SMILES string of the molecule is COCC(N)CSc1ncnc2ccccc12. The van der Waals surface area contributed by atoms with Gasteiger partial charge in [0.05, 0.1) is 12.1 Å². The number of nitrogens with two attached hydrogens (primary N) is 1. The Morgan fingerprint density at radius 2 is 2.18 bits per heavy atom. The fourth-order valence-corrected chi connectivity index (χ4v) is 2.46. The fourth-order valence-electron chi connectivity index (χ4n) is 1.54. The number of nitrogens with zero attached hydrogens (tertiary/aromatic N) is 2. The Kier molecular flexibility index (Phi) is 4.30. The standard InChI is InChI=1S/C12H15N3OS/c1-16-6-9(13)7-17-12-10-4-2-3-5-11(10)14-8-15-12/h2-5,8-9H,6-7,13H2,1H3. The zero-order valence-electron chi connectivity index (χ0n) is 9.67. The van der Waals surface area contributed by atoms with E-state index in [2.05, 4.69) is 9.97 Å². The lowest BCUT2D eigenvalue weighted by atomic mass is 10.2. The van der Waals surface area contributed by atoms with Crippen LogP contribution >= 0.6 is 11.8 Å². The second-order valence-electron chi connectivity index (χ2n) is 3.72. The first-order valence-electron chi connectivity index (χ1n) is 5.38. The number of hydrogen-bond donors (Lipinski definition) is 1. The van der Waals surface area contributed by atoms with Gasteiger partial charge in [-0.2, -0.15) is 0 Å². The highest BCUT2D eigenvalue weighted by Gasteiger charge is 2.07. The van der Waals surface area contributed by atoms with Crippen molar-refractivity contribution in [2.45, 2.75) is 11.1 Å². The van der Waals surface area contributed by atoms with E-state index in [0.29, 0.717) is 6.61 Å². The van der Waals surface area contributed by atoms with Gasteiger partial charge < -0.3 is 10.5 Å². The van der Waals surface area contributed by atoms with Crippen LogP contribution in [0.25, 0.3) is 10.9 Å². The van der Waals surface area contributed by atoms with Crippen molar-refractivity contribution in [3.05, 3.63) is 30.6 Å². The van der Waals surface area contributed by atoms with Gasteiger partial charge >= 0.3 is 0 Å². The monoisotopic (exact) mass is 249 g/mol. The molecule has 0 radical (unpaired) electrons. The third kappa shape index (κ3) is 3.15. The Bertz CT molecular complexity index is 487. The highest BCUT2D eigenvalue weighted by Crippen LogP contribution is 2.24. The van der Waals surface area contributed by atoms with Crippen LogP contribution in [-0.4, -0.2) is 35.5 Å². The van der Waals surface area contributed by atoms with Crippen molar-refractivity contribution in [1.29, 1.82) is 0 Å². The summed E-state index contributed by atoms with van der Waals surface area (Å²) in [4.78, 5) is 8.52. The number of hydrogen-bond acceptors (Lipinski definition) is 5. The van der Waals surface area contributed by atoms with E-state index in [1.165, 1.54) is 0 Å². The molecule has 4 nitrogen and oxygen atoms in total. The molecule has 90 valence electrons. The lowest BCUT2D eigenvalue weighted by Crippen LogP contribution is -2.28. The molecule has 0 aliphatic rings. The summed E-state index contributed by atoms with van der Waals surface area (Å²) in [6.07, 6.45) is 1.59. The molecule has 0 bridgehead atoms. The Labute approximate surface area is 105 Å². The average Bonchev–Trinajstić information content (AvgIpc) is 2.36. The van der Waals surface area contributed by atoms with Crippen LogP contribution in [0.3, 0.4) is 0 Å². The van der Waals surface area contributed by atoms with Gasteiger partial charge in [-0.1, -0.05) is 18.2 Å². The molecule has 17 heavy (non-hydrogen) atoms. The molecule has 1 aromatic heterocycles. The van der Waals surface area contributed by atoms with E-state index in [4.69, 9.17) is 10.5 Å². The molecule has 0 amide bonds. The highest BCUT2D eigenvalue weighted by molar-refractivity contribution is 7.99. The molecule has 0 spiro atoms. The summed E-state index contributed by atoms with van der Waals surface area (Å²) in [5, 5.41) is 2.05. The third-order valence-corrected chi connectivity index (χ3v) is 3.51. The molecule has 2 N–H and O–H groups in total. The van der Waals surface area contributed by atoms with Crippen molar-refractivity contribution in [3.8, 4) is 0 Å². The average molecular weight is 249 g/mol. The van der Waals surface area contributed by atoms with Gasteiger partial charge in [0.1, 0.15) is 11.4 Å². The summed E-state index contributed by atoms with van der Waals surface area (Å²) in [6, 6.07) is 8.00. The van der Waals surface area contributed by atoms with Crippen molar-refractivity contribution >= 4 is 22.7 Å². The molecular formula is C12H15N3OS. The molecule has 0 aliphatic carbocycles. The van der Waals surface area contributed by atoms with Gasteiger partial charge in [0, 0.05) is 24.3 Å². The van der Waals surface area contributed by atoms with E-state index in [1.807, 2.05) is 24.3 Å². The number of aromatic nitrogens is 2. The van der Waals surface area contributed by atoms with Gasteiger partial charge in [0.15, 0.2) is 0 Å². The summed E-state index contributed by atoms with van der Waals surface area (Å²) in [6.45, 7) is 0.565. The van der Waals surface area contributed by atoms with Crippen molar-refractivity contribution in [2.75, 3.05) is 19.5 Å². The summed E-state index contributed by atoms with van der Waals surface area (Å²) < 4.78 is 5.01. The number of para-hydroxylation sites is 1. The zero-order valence-corrected chi connectivity index (χ0v) is 10.5. The van der Waals surface area contributed by atoms with Crippen molar-refractivity contribution in [3.63, 3.8) is 0 Å². The van der Waals surface area contributed by atoms with Crippen molar-refractivity contribution in [2.24, 2.45) is 5.73 Å². The molecule has 0 aliphatic heterocycles. The molecule has 0 saturated carbocycles. The molecule has 1 aromatic carbocycles. The normalized spacial score (nSPS) is 12.8. The lowest BCUT2D eigenvalue weighted by Gasteiger charge is -2.10. The van der Waals surface area contributed by atoms with Gasteiger partial charge in [0.25, 0.3) is 0 Å². The van der Waals surface area contributed by atoms with Gasteiger partial charge in [-0.15, -0.1) is 11.8 Å². The minimum Gasteiger partial charge on any atom is -0.383 e. The molecule has 5 heteroatoms. The van der Waals surface area contributed by atoms with E-state index in [9.17, 15) is 0 Å². The smallest absolute Gasteiger partial charge is 0.117 e. The van der Waals surface area contributed by atoms with Gasteiger partial charge in [-0.05, 0) is 6.07 Å². The first-order chi connectivity index (χ1) is 8.31. The van der Waals surface area contributed by atoms with Crippen LogP contribution in [0.2, 0.25) is 0 Å². The van der Waals surface area contributed by atoms with E-state index in [0.717, 1.165) is 21.7 Å². The Hall–Kier alpha value is -1.17. The minimum absolute atomic E-state index is 0.0266. The van der Waals surface area contributed by atoms with Crippen LogP contribution in [0.5, 0.6) is 0 Å². The van der Waals surface area contributed by atoms with E-state index < -0.39 is 0 Å². The molecule has 1 unspecified atom stereocenters. The molecule has 1 heterocycles. The number of ether oxygens (including phenoxy) is 1.